The van der Waals surface area contributed by atoms with E-state index in [9.17, 15) is 22.8 Å². The van der Waals surface area contributed by atoms with Gasteiger partial charge in [0.25, 0.3) is 0 Å². The normalized spacial score (nSPS) is 15.2. The van der Waals surface area contributed by atoms with E-state index in [0.717, 1.165) is 23.7 Å². The van der Waals surface area contributed by atoms with E-state index in [1.54, 1.807) is 0 Å². The highest BCUT2D eigenvalue weighted by Gasteiger charge is 2.35. The minimum absolute atomic E-state index is 0.0641. The number of nitrogens with zero attached hydrogens (tertiary/aromatic N) is 3. The summed E-state index contributed by atoms with van der Waals surface area (Å²) in [5.74, 6) is -4.24. The van der Waals surface area contributed by atoms with Crippen molar-refractivity contribution < 1.29 is 32.3 Å². The summed E-state index contributed by atoms with van der Waals surface area (Å²) < 4.78 is 39.2. The van der Waals surface area contributed by atoms with Gasteiger partial charge in [-0.1, -0.05) is 39.0 Å². The molecule has 1 aliphatic heterocycles. The van der Waals surface area contributed by atoms with Crippen molar-refractivity contribution >= 4 is 36.1 Å². The Morgan fingerprint density at radius 2 is 1.60 bits per heavy atom. The molecule has 0 radical (unpaired) electrons. The Morgan fingerprint density at radius 3 is 2.00 bits per heavy atom. The molecule has 0 aliphatic carbocycles. The number of hydrogen-bond donors (Lipinski definition) is 2. The highest BCUT2D eigenvalue weighted by molar-refractivity contribution is 6.09. The first-order chi connectivity index (χ1) is 18.9. The first kappa shape index (κ1) is 35.8. The lowest BCUT2D eigenvalue weighted by molar-refractivity contribution is -0.132. The molecule has 40 heavy (non-hydrogen) atoms. The van der Waals surface area contributed by atoms with Gasteiger partial charge in [0.15, 0.2) is 30.0 Å². The standard InChI is InChI=1S/C15H15F3N4O2.C7H9N.C4H10.C2H2O2/c1-21(20-10-3-12(16)15(18)13(17)4-10)7-14(24)22-6-9(8-23)2-11(22)5-19;1-8-7-5-3-2-4-6-7;1-4(2)3;3-1-2-4/h3-4,8-9,11,20H,2,6-7H2,1H3;2-6,8H,1H3;4H,1-3H3;1-2H. The number of para-hydroxylation sites is 1. The van der Waals surface area contributed by atoms with Crippen LogP contribution >= 0.6 is 0 Å². The SMILES string of the molecule is CC(C)C.CN(CC(=O)N1CC(C=O)CC1C#N)Nc1cc(F)c(F)c(F)c1.CNc1ccccc1.O=CC=O. The lowest BCUT2D eigenvalue weighted by Gasteiger charge is -2.24. The quantitative estimate of drug-likeness (QED) is 0.224. The van der Waals surface area contributed by atoms with Crippen LogP contribution in [-0.2, 0) is 19.2 Å². The Morgan fingerprint density at radius 1 is 1.07 bits per heavy atom. The number of aldehydes is 3. The first-order valence-electron chi connectivity index (χ1n) is 12.3. The fourth-order valence-electron chi connectivity index (χ4n) is 3.14. The molecule has 2 aromatic rings. The van der Waals surface area contributed by atoms with E-state index in [4.69, 9.17) is 14.9 Å². The van der Waals surface area contributed by atoms with Crippen molar-refractivity contribution in [2.75, 3.05) is 37.9 Å². The molecule has 12 heteroatoms. The Kier molecular flexibility index (Phi) is 17.7. The summed E-state index contributed by atoms with van der Waals surface area (Å²) in [6, 6.07) is 12.9. The maximum absolute atomic E-state index is 13.2. The van der Waals surface area contributed by atoms with Gasteiger partial charge in [-0.15, -0.1) is 0 Å². The molecule has 1 heterocycles. The number of hydrazine groups is 1. The molecule has 2 N–H and O–H groups in total. The largest absolute Gasteiger partial charge is 0.388 e. The number of hydrogen-bond acceptors (Lipinski definition) is 8. The zero-order chi connectivity index (χ0) is 30.7. The van der Waals surface area contributed by atoms with Crippen LogP contribution in [0.5, 0.6) is 0 Å². The Bertz CT molecular complexity index is 1080. The molecule has 2 unspecified atom stereocenters. The molecule has 3 rings (SSSR count). The Balaban J connectivity index is 0.000000772. The van der Waals surface area contributed by atoms with E-state index < -0.39 is 29.4 Å². The smallest absolute Gasteiger partial charge is 0.239 e. The van der Waals surface area contributed by atoms with E-state index in [2.05, 4.69) is 31.5 Å². The van der Waals surface area contributed by atoms with Crippen molar-refractivity contribution in [1.29, 1.82) is 5.26 Å². The fraction of sp³-hybridized carbons (Fsp3) is 0.393. The highest BCUT2D eigenvalue weighted by atomic mass is 19.2. The predicted molar refractivity (Wildman–Crippen MR) is 146 cm³/mol. The maximum Gasteiger partial charge on any atom is 0.239 e. The third kappa shape index (κ3) is 14.1. The molecule has 2 aromatic carbocycles. The van der Waals surface area contributed by atoms with Gasteiger partial charge >= 0.3 is 0 Å². The number of carbonyl (C=O) groups is 4. The van der Waals surface area contributed by atoms with Crippen LogP contribution in [0.15, 0.2) is 42.5 Å². The van der Waals surface area contributed by atoms with Gasteiger partial charge in [-0.3, -0.25) is 14.4 Å². The molecule has 218 valence electrons. The number of likely N-dealkylation sites (N-methyl/N-ethyl adjacent to an activating group) is 1. The molecule has 1 aliphatic rings. The van der Waals surface area contributed by atoms with Crippen LogP contribution in [-0.4, -0.2) is 67.9 Å². The van der Waals surface area contributed by atoms with Crippen molar-refractivity contribution in [3.05, 3.63) is 59.9 Å². The maximum atomic E-state index is 13.2. The van der Waals surface area contributed by atoms with Gasteiger partial charge in [-0.25, -0.2) is 18.2 Å². The molecule has 9 nitrogen and oxygen atoms in total. The van der Waals surface area contributed by atoms with Gasteiger partial charge < -0.3 is 20.4 Å². The summed E-state index contributed by atoms with van der Waals surface area (Å²) in [5.41, 5.74) is 3.65. The monoisotopic (exact) mass is 563 g/mol. The third-order valence-corrected chi connectivity index (χ3v) is 4.79. The summed E-state index contributed by atoms with van der Waals surface area (Å²) >= 11 is 0. The van der Waals surface area contributed by atoms with Gasteiger partial charge in [-0.05, 0) is 24.5 Å². The molecule has 1 fully saturated rings. The fourth-order valence-corrected chi connectivity index (χ4v) is 3.14. The molecular weight excluding hydrogens is 527 g/mol. The van der Waals surface area contributed by atoms with Crippen LogP contribution < -0.4 is 10.7 Å². The molecule has 0 saturated carbocycles. The van der Waals surface area contributed by atoms with Crippen LogP contribution in [0.25, 0.3) is 0 Å². The lowest BCUT2D eigenvalue weighted by atomic mass is 10.1. The highest BCUT2D eigenvalue weighted by Crippen LogP contribution is 2.22. The average molecular weight is 564 g/mol. The summed E-state index contributed by atoms with van der Waals surface area (Å²) in [4.78, 5) is 42.0. The first-order valence-corrected chi connectivity index (χ1v) is 12.3. The van der Waals surface area contributed by atoms with Gasteiger partial charge in [0.05, 0.1) is 18.3 Å². The molecule has 0 aromatic heterocycles. The van der Waals surface area contributed by atoms with Crippen molar-refractivity contribution in [1.82, 2.24) is 9.91 Å². The van der Waals surface area contributed by atoms with Gasteiger partial charge in [0.1, 0.15) is 12.3 Å². The van der Waals surface area contributed by atoms with Crippen LogP contribution in [0, 0.1) is 40.6 Å². The summed E-state index contributed by atoms with van der Waals surface area (Å²) in [6.45, 7) is 6.46. The van der Waals surface area contributed by atoms with Gasteiger partial charge in [-0.2, -0.15) is 5.26 Å². The van der Waals surface area contributed by atoms with Gasteiger partial charge in [0, 0.05) is 44.4 Å². The number of carbonyl (C=O) groups excluding carboxylic acids is 4. The second-order valence-corrected chi connectivity index (χ2v) is 9.16. The zero-order valence-corrected chi connectivity index (χ0v) is 23.2. The molecule has 0 spiro atoms. The van der Waals surface area contributed by atoms with Crippen LogP contribution in [0.1, 0.15) is 27.2 Å². The molecular formula is C28H36F3N5O4. The lowest BCUT2D eigenvalue weighted by Crippen LogP contribution is -2.43. The Labute approximate surface area is 232 Å². The summed E-state index contributed by atoms with van der Waals surface area (Å²) in [6.07, 6.45) is 1.39. The van der Waals surface area contributed by atoms with Crippen LogP contribution in [0.4, 0.5) is 24.5 Å². The van der Waals surface area contributed by atoms with E-state index in [1.807, 2.05) is 43.4 Å². The number of likely N-dealkylation sites (tertiary alicyclic amines) is 1. The number of rotatable bonds is 7. The van der Waals surface area contributed by atoms with Crippen molar-refractivity contribution in [3.8, 4) is 6.07 Å². The minimum Gasteiger partial charge on any atom is -0.388 e. The number of nitriles is 1. The number of amides is 1. The van der Waals surface area contributed by atoms with Crippen molar-refractivity contribution in [2.24, 2.45) is 11.8 Å². The molecule has 0 bridgehead atoms. The Hall–Kier alpha value is -4.24. The minimum atomic E-state index is -1.58. The van der Waals surface area contributed by atoms with E-state index >= 15 is 0 Å². The number of halogens is 3. The summed E-state index contributed by atoms with van der Waals surface area (Å²) in [7, 11) is 3.36. The van der Waals surface area contributed by atoms with E-state index in [1.165, 1.54) is 17.0 Å². The van der Waals surface area contributed by atoms with Crippen LogP contribution in [0.3, 0.4) is 0 Å². The molecule has 2 atom stereocenters. The number of benzene rings is 2. The predicted octanol–water partition coefficient (Wildman–Crippen LogP) is 4.08. The topological polar surface area (TPSA) is 123 Å². The molecule has 1 amide bonds. The van der Waals surface area contributed by atoms with Gasteiger partial charge in [0.2, 0.25) is 5.91 Å². The van der Waals surface area contributed by atoms with E-state index in [-0.39, 0.29) is 43.7 Å². The number of nitrogens with one attached hydrogen (secondary N) is 2. The van der Waals surface area contributed by atoms with Crippen molar-refractivity contribution in [2.45, 2.75) is 33.2 Å². The second kappa shape index (κ2) is 19.8. The average Bonchev–Trinajstić information content (AvgIpc) is 3.36. The zero-order valence-electron chi connectivity index (χ0n) is 23.2. The summed E-state index contributed by atoms with van der Waals surface area (Å²) in [5, 5.41) is 13.3. The van der Waals surface area contributed by atoms with Crippen molar-refractivity contribution in [3.63, 3.8) is 0 Å². The molecule has 1 saturated heterocycles. The number of anilines is 2. The van der Waals surface area contributed by atoms with Crippen LogP contribution in [0.2, 0.25) is 0 Å². The van der Waals surface area contributed by atoms with E-state index in [0.29, 0.717) is 6.29 Å². The second-order valence-electron chi connectivity index (χ2n) is 9.16. The third-order valence-electron chi connectivity index (χ3n) is 4.79.